The maximum Gasteiger partial charge on any atom is 0.257 e. The second kappa shape index (κ2) is 7.67. The van der Waals surface area contributed by atoms with E-state index in [-0.39, 0.29) is 5.91 Å². The van der Waals surface area contributed by atoms with Crippen molar-refractivity contribution < 1.29 is 9.53 Å². The van der Waals surface area contributed by atoms with Crippen LogP contribution in [0.4, 0.5) is 0 Å². The summed E-state index contributed by atoms with van der Waals surface area (Å²) in [6.45, 7) is 10.0. The molecule has 0 aliphatic carbocycles. The molecule has 1 aromatic rings. The van der Waals surface area contributed by atoms with Crippen molar-refractivity contribution in [2.75, 3.05) is 20.2 Å². The van der Waals surface area contributed by atoms with E-state index < -0.39 is 0 Å². The largest absolute Gasteiger partial charge is 0.496 e. The lowest BCUT2D eigenvalue weighted by atomic mass is 10.1. The van der Waals surface area contributed by atoms with E-state index in [9.17, 15) is 4.79 Å². The Hall–Kier alpha value is -1.03. The average molecular weight is 342 g/mol. The molecule has 0 unspecified atom stereocenters. The van der Waals surface area contributed by atoms with Crippen molar-refractivity contribution in [1.29, 1.82) is 0 Å². The molecule has 0 aliphatic rings. The van der Waals surface area contributed by atoms with Crippen LogP contribution in [0.1, 0.15) is 38.1 Å². The van der Waals surface area contributed by atoms with Crippen LogP contribution in [0.3, 0.4) is 0 Å². The van der Waals surface area contributed by atoms with E-state index in [0.29, 0.717) is 23.1 Å². The number of benzene rings is 1. The summed E-state index contributed by atoms with van der Waals surface area (Å²) in [5, 5.41) is 0. The van der Waals surface area contributed by atoms with Crippen LogP contribution in [-0.4, -0.2) is 31.0 Å². The van der Waals surface area contributed by atoms with E-state index in [2.05, 4.69) is 43.6 Å². The summed E-state index contributed by atoms with van der Waals surface area (Å²) in [7, 11) is 1.59. The highest BCUT2D eigenvalue weighted by molar-refractivity contribution is 9.10. The predicted molar refractivity (Wildman–Crippen MR) is 86.3 cm³/mol. The van der Waals surface area contributed by atoms with E-state index >= 15 is 0 Å². The van der Waals surface area contributed by atoms with Crippen molar-refractivity contribution in [1.82, 2.24) is 4.90 Å². The average Bonchev–Trinajstić information content (AvgIpc) is 2.35. The number of rotatable bonds is 6. The summed E-state index contributed by atoms with van der Waals surface area (Å²) in [5.41, 5.74) is 0.622. The number of hydrogen-bond donors (Lipinski definition) is 0. The van der Waals surface area contributed by atoms with E-state index in [4.69, 9.17) is 4.74 Å². The minimum Gasteiger partial charge on any atom is -0.496 e. The molecule has 1 rings (SSSR count). The SMILES string of the molecule is COc1cc(Br)ccc1C(=O)N(CC(C)C)CC(C)C. The molecule has 0 aliphatic heterocycles. The fourth-order valence-corrected chi connectivity index (χ4v) is 2.47. The zero-order valence-electron chi connectivity index (χ0n) is 12.9. The van der Waals surface area contributed by atoms with Crippen molar-refractivity contribution in [3.8, 4) is 5.75 Å². The Balaban J connectivity index is 3.04. The van der Waals surface area contributed by atoms with Crippen molar-refractivity contribution in [2.45, 2.75) is 27.7 Å². The van der Waals surface area contributed by atoms with E-state index in [1.807, 2.05) is 23.1 Å². The van der Waals surface area contributed by atoms with E-state index in [0.717, 1.165) is 17.6 Å². The van der Waals surface area contributed by atoms with Gasteiger partial charge in [-0.05, 0) is 30.0 Å². The van der Waals surface area contributed by atoms with Crippen molar-refractivity contribution in [3.63, 3.8) is 0 Å². The standard InChI is InChI=1S/C16H24BrNO2/c1-11(2)9-18(10-12(3)4)16(19)14-7-6-13(17)8-15(14)20-5/h6-8,11-12H,9-10H2,1-5H3. The van der Waals surface area contributed by atoms with Gasteiger partial charge in [-0.1, -0.05) is 43.6 Å². The molecule has 1 aromatic carbocycles. The number of ether oxygens (including phenoxy) is 1. The van der Waals surface area contributed by atoms with Crippen LogP contribution < -0.4 is 4.74 Å². The van der Waals surface area contributed by atoms with Gasteiger partial charge in [0.2, 0.25) is 0 Å². The van der Waals surface area contributed by atoms with E-state index in [1.165, 1.54) is 0 Å². The van der Waals surface area contributed by atoms with Gasteiger partial charge in [-0.2, -0.15) is 0 Å². The molecule has 0 N–H and O–H groups in total. The van der Waals surface area contributed by atoms with Crippen LogP contribution in [0.15, 0.2) is 22.7 Å². The molecule has 0 heterocycles. The molecule has 3 nitrogen and oxygen atoms in total. The first-order chi connectivity index (χ1) is 9.35. The topological polar surface area (TPSA) is 29.5 Å². The number of nitrogens with zero attached hydrogens (tertiary/aromatic N) is 1. The zero-order valence-corrected chi connectivity index (χ0v) is 14.5. The van der Waals surface area contributed by atoms with Crippen molar-refractivity contribution in [3.05, 3.63) is 28.2 Å². The Kier molecular flexibility index (Phi) is 6.53. The summed E-state index contributed by atoms with van der Waals surface area (Å²) in [4.78, 5) is 14.7. The number of amides is 1. The maximum atomic E-state index is 12.7. The Bertz CT molecular complexity index is 448. The fourth-order valence-electron chi connectivity index (χ4n) is 2.13. The maximum absolute atomic E-state index is 12.7. The normalized spacial score (nSPS) is 11.0. The highest BCUT2D eigenvalue weighted by Gasteiger charge is 2.21. The number of halogens is 1. The van der Waals surface area contributed by atoms with Gasteiger partial charge in [-0.15, -0.1) is 0 Å². The number of carbonyl (C=O) groups is 1. The molecular weight excluding hydrogens is 318 g/mol. The third-order valence-electron chi connectivity index (χ3n) is 2.85. The second-order valence-electron chi connectivity index (χ2n) is 5.84. The first kappa shape index (κ1) is 17.0. The molecule has 0 bridgehead atoms. The zero-order chi connectivity index (χ0) is 15.3. The molecule has 0 saturated heterocycles. The fraction of sp³-hybridized carbons (Fsp3) is 0.562. The third-order valence-corrected chi connectivity index (χ3v) is 3.35. The quantitative estimate of drug-likeness (QED) is 0.775. The van der Waals surface area contributed by atoms with Crippen LogP contribution in [0.2, 0.25) is 0 Å². The summed E-state index contributed by atoms with van der Waals surface area (Å²) >= 11 is 3.40. The minimum absolute atomic E-state index is 0.0387. The lowest BCUT2D eigenvalue weighted by molar-refractivity contribution is 0.0711. The van der Waals surface area contributed by atoms with Gasteiger partial charge in [-0.25, -0.2) is 0 Å². The molecule has 0 saturated carbocycles. The Morgan fingerprint density at radius 1 is 1.20 bits per heavy atom. The first-order valence-electron chi connectivity index (χ1n) is 6.98. The Labute approximate surface area is 130 Å². The van der Waals surface area contributed by atoms with Crippen LogP contribution in [0.5, 0.6) is 5.75 Å². The van der Waals surface area contributed by atoms with Gasteiger partial charge in [0.05, 0.1) is 12.7 Å². The molecule has 0 aromatic heterocycles. The monoisotopic (exact) mass is 341 g/mol. The smallest absolute Gasteiger partial charge is 0.257 e. The number of carbonyl (C=O) groups excluding carboxylic acids is 1. The van der Waals surface area contributed by atoms with Gasteiger partial charge in [-0.3, -0.25) is 4.79 Å². The lowest BCUT2D eigenvalue weighted by Gasteiger charge is -2.27. The summed E-state index contributed by atoms with van der Waals surface area (Å²) in [6.07, 6.45) is 0. The van der Waals surface area contributed by atoms with Crippen LogP contribution in [-0.2, 0) is 0 Å². The Morgan fingerprint density at radius 3 is 2.20 bits per heavy atom. The van der Waals surface area contributed by atoms with Gasteiger partial charge in [0.25, 0.3) is 5.91 Å². The number of methoxy groups -OCH3 is 1. The van der Waals surface area contributed by atoms with Gasteiger partial charge in [0.15, 0.2) is 0 Å². The molecule has 1 amide bonds. The Morgan fingerprint density at radius 2 is 1.75 bits per heavy atom. The highest BCUT2D eigenvalue weighted by atomic mass is 79.9. The molecule has 112 valence electrons. The molecule has 20 heavy (non-hydrogen) atoms. The number of hydrogen-bond acceptors (Lipinski definition) is 2. The third kappa shape index (κ3) is 4.82. The van der Waals surface area contributed by atoms with E-state index in [1.54, 1.807) is 7.11 Å². The van der Waals surface area contributed by atoms with Crippen LogP contribution in [0.25, 0.3) is 0 Å². The molecule has 0 fully saturated rings. The van der Waals surface area contributed by atoms with Crippen molar-refractivity contribution in [2.24, 2.45) is 11.8 Å². The highest BCUT2D eigenvalue weighted by Crippen LogP contribution is 2.25. The van der Waals surface area contributed by atoms with Gasteiger partial charge in [0, 0.05) is 17.6 Å². The second-order valence-corrected chi connectivity index (χ2v) is 6.76. The summed E-state index contributed by atoms with van der Waals surface area (Å²) < 4.78 is 6.24. The molecule has 0 atom stereocenters. The lowest BCUT2D eigenvalue weighted by Crippen LogP contribution is -2.37. The van der Waals surface area contributed by atoms with Crippen molar-refractivity contribution >= 4 is 21.8 Å². The molecule has 0 radical (unpaired) electrons. The summed E-state index contributed by atoms with van der Waals surface area (Å²) in [5.74, 6) is 1.54. The van der Waals surface area contributed by atoms with Gasteiger partial charge < -0.3 is 9.64 Å². The van der Waals surface area contributed by atoms with Crippen LogP contribution in [0, 0.1) is 11.8 Å². The van der Waals surface area contributed by atoms with Crippen LogP contribution >= 0.6 is 15.9 Å². The molecular formula is C16H24BrNO2. The van der Waals surface area contributed by atoms with Gasteiger partial charge in [0.1, 0.15) is 5.75 Å². The molecule has 4 heteroatoms. The van der Waals surface area contributed by atoms with Gasteiger partial charge >= 0.3 is 0 Å². The summed E-state index contributed by atoms with van der Waals surface area (Å²) in [6, 6.07) is 5.52. The first-order valence-corrected chi connectivity index (χ1v) is 7.77. The molecule has 0 spiro atoms. The minimum atomic E-state index is 0.0387. The predicted octanol–water partition coefficient (Wildman–Crippen LogP) is 4.21.